The zero-order valence-electron chi connectivity index (χ0n) is 17.6. The van der Waals surface area contributed by atoms with E-state index < -0.39 is 0 Å². The predicted octanol–water partition coefficient (Wildman–Crippen LogP) is 1.12. The van der Waals surface area contributed by atoms with Gasteiger partial charge in [0.05, 0.1) is 12.2 Å². The van der Waals surface area contributed by atoms with E-state index in [1.54, 1.807) is 6.07 Å². The maximum atomic E-state index is 10.1. The molecule has 1 aromatic carbocycles. The maximum Gasteiger partial charge on any atom is 0.194 e. The summed E-state index contributed by atoms with van der Waals surface area (Å²) in [6.45, 7) is 14.2. The van der Waals surface area contributed by atoms with Crippen molar-refractivity contribution in [3.8, 4) is 5.75 Å². The summed E-state index contributed by atoms with van der Waals surface area (Å²) in [5, 5.41) is 13.6. The Hall–Kier alpha value is -1.99. The van der Waals surface area contributed by atoms with Gasteiger partial charge < -0.3 is 25.1 Å². The van der Waals surface area contributed by atoms with Crippen molar-refractivity contribution in [1.29, 1.82) is 0 Å². The number of phenols is 1. The highest BCUT2D eigenvalue weighted by molar-refractivity contribution is 5.80. The van der Waals surface area contributed by atoms with Gasteiger partial charge in [0.1, 0.15) is 5.75 Å². The lowest BCUT2D eigenvalue weighted by Crippen LogP contribution is -2.53. The standard InChI is InChI=1S/C21H36N6O/c1-4-22-21(23-17-18(2)25-11-9-24(3)10-12-25)27-15-13-26(14-16-27)19-7-5-6-8-20(19)28/h5-8,18,28H,4,9-17H2,1-3H3,(H,22,23). The van der Waals surface area contributed by atoms with E-state index in [1.807, 2.05) is 18.2 Å². The van der Waals surface area contributed by atoms with E-state index in [2.05, 4.69) is 45.8 Å². The Balaban J connectivity index is 1.55. The Morgan fingerprint density at radius 3 is 2.39 bits per heavy atom. The number of likely N-dealkylation sites (N-methyl/N-ethyl adjacent to an activating group) is 1. The number of guanidine groups is 1. The van der Waals surface area contributed by atoms with Crippen LogP contribution in [0.3, 0.4) is 0 Å². The lowest BCUT2D eigenvalue weighted by molar-refractivity contribution is 0.122. The van der Waals surface area contributed by atoms with E-state index in [0.717, 1.165) is 77.1 Å². The van der Waals surface area contributed by atoms with E-state index in [1.165, 1.54) is 0 Å². The van der Waals surface area contributed by atoms with Gasteiger partial charge in [-0.1, -0.05) is 12.1 Å². The largest absolute Gasteiger partial charge is 0.506 e. The molecule has 2 saturated heterocycles. The van der Waals surface area contributed by atoms with Crippen LogP contribution in [0.25, 0.3) is 0 Å². The Labute approximate surface area is 169 Å². The number of hydrogen-bond acceptors (Lipinski definition) is 5. The minimum atomic E-state index is 0.359. The zero-order chi connectivity index (χ0) is 19.9. The monoisotopic (exact) mass is 388 g/mol. The average Bonchev–Trinajstić information content (AvgIpc) is 2.72. The van der Waals surface area contributed by atoms with Gasteiger partial charge in [-0.3, -0.25) is 9.89 Å². The Morgan fingerprint density at radius 2 is 1.75 bits per heavy atom. The average molecular weight is 389 g/mol. The van der Waals surface area contributed by atoms with Crippen molar-refractivity contribution in [2.75, 3.05) is 77.4 Å². The first-order chi connectivity index (χ1) is 13.6. The molecule has 7 heteroatoms. The van der Waals surface area contributed by atoms with Crippen molar-refractivity contribution in [3.05, 3.63) is 24.3 Å². The molecule has 2 aliphatic rings. The van der Waals surface area contributed by atoms with Crippen LogP contribution in [0.1, 0.15) is 13.8 Å². The number of phenolic OH excluding ortho intramolecular Hbond substituents is 1. The van der Waals surface area contributed by atoms with Crippen molar-refractivity contribution < 1.29 is 5.11 Å². The van der Waals surface area contributed by atoms with E-state index in [-0.39, 0.29) is 0 Å². The molecule has 0 aliphatic carbocycles. The number of rotatable bonds is 5. The molecule has 2 heterocycles. The van der Waals surface area contributed by atoms with Crippen LogP contribution < -0.4 is 10.2 Å². The van der Waals surface area contributed by atoms with Gasteiger partial charge in [-0.25, -0.2) is 0 Å². The second kappa shape index (κ2) is 9.98. The molecule has 7 nitrogen and oxygen atoms in total. The van der Waals surface area contributed by atoms with Gasteiger partial charge in [-0.2, -0.15) is 0 Å². The van der Waals surface area contributed by atoms with Crippen LogP contribution >= 0.6 is 0 Å². The van der Waals surface area contributed by atoms with E-state index in [9.17, 15) is 5.11 Å². The molecule has 2 aliphatic heterocycles. The van der Waals surface area contributed by atoms with Gasteiger partial charge in [0.2, 0.25) is 0 Å². The van der Waals surface area contributed by atoms with E-state index in [0.29, 0.717) is 11.8 Å². The Kier molecular flexibility index (Phi) is 7.39. The molecule has 0 saturated carbocycles. The molecule has 156 valence electrons. The van der Waals surface area contributed by atoms with Gasteiger partial charge in [-0.05, 0) is 33.0 Å². The third-order valence-electron chi connectivity index (χ3n) is 5.80. The highest BCUT2D eigenvalue weighted by Crippen LogP contribution is 2.27. The summed E-state index contributed by atoms with van der Waals surface area (Å²) in [5.41, 5.74) is 0.924. The molecule has 0 radical (unpaired) electrons. The third kappa shape index (κ3) is 5.29. The summed E-state index contributed by atoms with van der Waals surface area (Å²) >= 11 is 0. The summed E-state index contributed by atoms with van der Waals surface area (Å²) in [5.74, 6) is 1.37. The van der Waals surface area contributed by atoms with Gasteiger partial charge in [-0.15, -0.1) is 0 Å². The molecule has 1 unspecified atom stereocenters. The topological polar surface area (TPSA) is 57.6 Å². The smallest absolute Gasteiger partial charge is 0.194 e. The fraction of sp³-hybridized carbons (Fsp3) is 0.667. The van der Waals surface area contributed by atoms with Crippen molar-refractivity contribution in [1.82, 2.24) is 20.0 Å². The number of hydrogen-bond donors (Lipinski definition) is 2. The highest BCUT2D eigenvalue weighted by atomic mass is 16.3. The number of anilines is 1. The number of piperazine rings is 2. The molecule has 3 rings (SSSR count). The van der Waals surface area contributed by atoms with Crippen molar-refractivity contribution in [3.63, 3.8) is 0 Å². The fourth-order valence-corrected chi connectivity index (χ4v) is 3.91. The van der Waals surface area contributed by atoms with Gasteiger partial charge in [0, 0.05) is 64.9 Å². The molecule has 1 aromatic rings. The highest BCUT2D eigenvalue weighted by Gasteiger charge is 2.22. The van der Waals surface area contributed by atoms with Crippen molar-refractivity contribution >= 4 is 11.6 Å². The SMILES string of the molecule is CCNC(=NCC(C)N1CCN(C)CC1)N1CCN(c2ccccc2O)CC1. The summed E-state index contributed by atoms with van der Waals surface area (Å²) in [4.78, 5) is 14.5. The number of nitrogens with zero attached hydrogens (tertiary/aromatic N) is 5. The third-order valence-corrected chi connectivity index (χ3v) is 5.80. The minimum Gasteiger partial charge on any atom is -0.506 e. The number of benzene rings is 1. The van der Waals surface area contributed by atoms with Crippen LogP contribution in [-0.2, 0) is 0 Å². The number of nitrogens with one attached hydrogen (secondary N) is 1. The first kappa shape index (κ1) is 20.7. The summed E-state index contributed by atoms with van der Waals surface area (Å²) < 4.78 is 0. The predicted molar refractivity (Wildman–Crippen MR) is 116 cm³/mol. The second-order valence-corrected chi connectivity index (χ2v) is 7.85. The van der Waals surface area contributed by atoms with Crippen LogP contribution in [-0.4, -0.2) is 104 Å². The number of aliphatic imine (C=N–C) groups is 1. The van der Waals surface area contributed by atoms with Crippen LogP contribution in [0, 0.1) is 0 Å². The summed E-state index contributed by atoms with van der Waals surface area (Å²) in [6, 6.07) is 8.05. The van der Waals surface area contributed by atoms with Crippen molar-refractivity contribution in [2.24, 2.45) is 4.99 Å². The zero-order valence-corrected chi connectivity index (χ0v) is 17.6. The fourth-order valence-electron chi connectivity index (χ4n) is 3.91. The molecule has 0 amide bonds. The van der Waals surface area contributed by atoms with Crippen LogP contribution in [0.4, 0.5) is 5.69 Å². The second-order valence-electron chi connectivity index (χ2n) is 7.85. The first-order valence-corrected chi connectivity index (χ1v) is 10.6. The number of para-hydroxylation sites is 2. The molecule has 0 aromatic heterocycles. The minimum absolute atomic E-state index is 0.359. The number of aromatic hydroxyl groups is 1. The normalized spacial score (nSPS) is 21.0. The van der Waals surface area contributed by atoms with E-state index >= 15 is 0 Å². The van der Waals surface area contributed by atoms with Crippen LogP contribution in [0.2, 0.25) is 0 Å². The molecule has 28 heavy (non-hydrogen) atoms. The molecule has 0 spiro atoms. The Bertz CT molecular complexity index is 636. The summed E-state index contributed by atoms with van der Waals surface area (Å²) in [7, 11) is 2.19. The van der Waals surface area contributed by atoms with Gasteiger partial charge >= 0.3 is 0 Å². The maximum absolute atomic E-state index is 10.1. The molecular weight excluding hydrogens is 352 g/mol. The first-order valence-electron chi connectivity index (χ1n) is 10.6. The lowest BCUT2D eigenvalue weighted by Gasteiger charge is -2.38. The quantitative estimate of drug-likeness (QED) is 0.582. The molecule has 1 atom stereocenters. The summed E-state index contributed by atoms with van der Waals surface area (Å²) in [6.07, 6.45) is 0. The van der Waals surface area contributed by atoms with Crippen LogP contribution in [0.15, 0.2) is 29.3 Å². The van der Waals surface area contributed by atoms with Crippen LogP contribution in [0.5, 0.6) is 5.75 Å². The van der Waals surface area contributed by atoms with E-state index in [4.69, 9.17) is 4.99 Å². The van der Waals surface area contributed by atoms with Crippen molar-refractivity contribution in [2.45, 2.75) is 19.9 Å². The molecule has 0 bridgehead atoms. The van der Waals surface area contributed by atoms with Gasteiger partial charge in [0.25, 0.3) is 0 Å². The molecule has 2 fully saturated rings. The van der Waals surface area contributed by atoms with Gasteiger partial charge in [0.15, 0.2) is 5.96 Å². The lowest BCUT2D eigenvalue weighted by atomic mass is 10.2. The Morgan fingerprint density at radius 1 is 1.07 bits per heavy atom. The molecular formula is C21H36N6O. The molecule has 2 N–H and O–H groups in total.